The summed E-state index contributed by atoms with van der Waals surface area (Å²) in [5, 5.41) is 12.9. The van der Waals surface area contributed by atoms with Gasteiger partial charge in [0.15, 0.2) is 5.82 Å². The monoisotopic (exact) mass is 456 g/mol. The number of unbranched alkanes of at least 4 members (excludes halogenated alkanes) is 1. The summed E-state index contributed by atoms with van der Waals surface area (Å²) in [6.45, 7) is 5.37. The molecule has 182 valence electrons. The first-order chi connectivity index (χ1) is 16.1. The summed E-state index contributed by atoms with van der Waals surface area (Å²) in [4.78, 5) is 12.3. The van der Waals surface area contributed by atoms with Gasteiger partial charge in [-0.15, -0.1) is 0 Å². The minimum absolute atomic E-state index is 0.236. The predicted octanol–water partition coefficient (Wildman–Crippen LogP) is 4.01. The number of aliphatic hydroxyl groups excluding tert-OH is 1. The Labute approximate surface area is 198 Å². The molecule has 0 amide bonds. The molecule has 1 heterocycles. The van der Waals surface area contributed by atoms with Crippen LogP contribution < -0.4 is 15.0 Å². The molecule has 7 nitrogen and oxygen atoms in total. The number of benzene rings is 1. The van der Waals surface area contributed by atoms with Gasteiger partial charge in [0.05, 0.1) is 6.61 Å². The predicted molar refractivity (Wildman–Crippen MR) is 133 cm³/mol. The SMILES string of the molecule is CCCCN(CCOC)c1cc(C2CCCC2)nc(-c2cccc(OCC(O)CNC)c2)n1. The third-order valence-electron chi connectivity index (χ3n) is 6.15. The van der Waals surface area contributed by atoms with Gasteiger partial charge in [0.2, 0.25) is 0 Å². The third kappa shape index (κ3) is 7.66. The van der Waals surface area contributed by atoms with Crippen LogP contribution in [-0.2, 0) is 4.74 Å². The highest BCUT2D eigenvalue weighted by molar-refractivity contribution is 5.60. The lowest BCUT2D eigenvalue weighted by atomic mass is 10.0. The zero-order chi connectivity index (χ0) is 23.5. The molecule has 1 aromatic carbocycles. The number of aliphatic hydroxyl groups is 1. The second-order valence-corrected chi connectivity index (χ2v) is 8.84. The van der Waals surface area contributed by atoms with Gasteiger partial charge in [-0.1, -0.05) is 38.3 Å². The van der Waals surface area contributed by atoms with E-state index >= 15 is 0 Å². The fourth-order valence-electron chi connectivity index (χ4n) is 4.28. The molecule has 1 saturated carbocycles. The van der Waals surface area contributed by atoms with Crippen molar-refractivity contribution in [3.63, 3.8) is 0 Å². The van der Waals surface area contributed by atoms with Crippen LogP contribution in [0.5, 0.6) is 5.75 Å². The van der Waals surface area contributed by atoms with Crippen molar-refractivity contribution in [2.24, 2.45) is 0 Å². The average molecular weight is 457 g/mol. The number of nitrogens with zero attached hydrogens (tertiary/aromatic N) is 3. The van der Waals surface area contributed by atoms with Gasteiger partial charge >= 0.3 is 0 Å². The molecular formula is C26H40N4O3. The van der Waals surface area contributed by atoms with Gasteiger partial charge in [0.25, 0.3) is 0 Å². The first-order valence-corrected chi connectivity index (χ1v) is 12.3. The smallest absolute Gasteiger partial charge is 0.161 e. The second-order valence-electron chi connectivity index (χ2n) is 8.84. The molecule has 1 fully saturated rings. The standard InChI is InChI=1S/C26H40N4O3/c1-4-5-13-30(14-15-32-3)25-17-24(20-9-6-7-10-20)28-26(29-25)21-11-8-12-23(16-21)33-19-22(31)18-27-2/h8,11-12,16-17,20,22,27,31H,4-7,9-10,13-15,18-19H2,1-3H3. The van der Waals surface area contributed by atoms with Gasteiger partial charge in [-0.25, -0.2) is 9.97 Å². The van der Waals surface area contributed by atoms with Crippen molar-refractivity contribution in [2.75, 3.05) is 51.9 Å². The molecule has 3 rings (SSSR count). The molecule has 1 unspecified atom stereocenters. The highest BCUT2D eigenvalue weighted by Gasteiger charge is 2.22. The fourth-order valence-corrected chi connectivity index (χ4v) is 4.28. The lowest BCUT2D eigenvalue weighted by molar-refractivity contribution is 0.108. The van der Waals surface area contributed by atoms with Crippen LogP contribution in [0.1, 0.15) is 57.1 Å². The van der Waals surface area contributed by atoms with Crippen LogP contribution in [0.2, 0.25) is 0 Å². The Morgan fingerprint density at radius 3 is 2.73 bits per heavy atom. The number of rotatable bonds is 14. The van der Waals surface area contributed by atoms with Crippen molar-refractivity contribution in [1.29, 1.82) is 0 Å². The van der Waals surface area contributed by atoms with E-state index in [1.54, 1.807) is 7.11 Å². The van der Waals surface area contributed by atoms with Gasteiger partial charge in [-0.2, -0.15) is 0 Å². The van der Waals surface area contributed by atoms with E-state index in [2.05, 4.69) is 23.2 Å². The summed E-state index contributed by atoms with van der Waals surface area (Å²) in [7, 11) is 3.55. The maximum atomic E-state index is 9.97. The van der Waals surface area contributed by atoms with Gasteiger partial charge in [0.1, 0.15) is 24.3 Å². The average Bonchev–Trinajstić information content (AvgIpc) is 3.38. The van der Waals surface area contributed by atoms with E-state index in [0.29, 0.717) is 24.8 Å². The molecule has 0 radical (unpaired) electrons. The van der Waals surface area contributed by atoms with E-state index in [1.807, 2.05) is 31.3 Å². The van der Waals surface area contributed by atoms with Crippen molar-refractivity contribution in [1.82, 2.24) is 15.3 Å². The zero-order valence-electron chi connectivity index (χ0n) is 20.4. The number of hydrogen-bond donors (Lipinski definition) is 2. The molecule has 0 saturated heterocycles. The number of likely N-dealkylation sites (N-methyl/N-ethyl adjacent to an activating group) is 1. The summed E-state index contributed by atoms with van der Waals surface area (Å²) >= 11 is 0. The van der Waals surface area contributed by atoms with Crippen molar-refractivity contribution in [3.05, 3.63) is 36.0 Å². The Bertz CT molecular complexity index is 834. The molecule has 1 aliphatic carbocycles. The minimum atomic E-state index is -0.555. The van der Waals surface area contributed by atoms with Gasteiger partial charge in [-0.3, -0.25) is 0 Å². The van der Waals surface area contributed by atoms with Crippen LogP contribution in [0.25, 0.3) is 11.4 Å². The van der Waals surface area contributed by atoms with E-state index in [0.717, 1.165) is 48.8 Å². The summed E-state index contributed by atoms with van der Waals surface area (Å²) < 4.78 is 11.2. The quantitative estimate of drug-likeness (QED) is 0.445. The number of nitrogens with one attached hydrogen (secondary N) is 1. The van der Waals surface area contributed by atoms with Crippen molar-refractivity contribution in [3.8, 4) is 17.1 Å². The molecule has 0 aliphatic heterocycles. The van der Waals surface area contributed by atoms with Crippen LogP contribution in [0.15, 0.2) is 30.3 Å². The molecule has 1 aromatic heterocycles. The fraction of sp³-hybridized carbons (Fsp3) is 0.615. The van der Waals surface area contributed by atoms with Crippen molar-refractivity contribution in [2.45, 2.75) is 57.5 Å². The lowest BCUT2D eigenvalue weighted by Gasteiger charge is -2.25. The summed E-state index contributed by atoms with van der Waals surface area (Å²) in [6, 6.07) is 10.1. The lowest BCUT2D eigenvalue weighted by Crippen LogP contribution is -2.29. The van der Waals surface area contributed by atoms with E-state index < -0.39 is 6.10 Å². The van der Waals surface area contributed by atoms with Gasteiger partial charge in [-0.05, 0) is 38.4 Å². The van der Waals surface area contributed by atoms with E-state index in [-0.39, 0.29) is 6.61 Å². The highest BCUT2D eigenvalue weighted by atomic mass is 16.5. The van der Waals surface area contributed by atoms with E-state index in [4.69, 9.17) is 19.4 Å². The van der Waals surface area contributed by atoms with E-state index in [1.165, 1.54) is 25.7 Å². The molecule has 33 heavy (non-hydrogen) atoms. The largest absolute Gasteiger partial charge is 0.491 e. The Morgan fingerprint density at radius 2 is 2.00 bits per heavy atom. The number of aromatic nitrogens is 2. The second kappa shape index (κ2) is 13.5. The molecule has 2 N–H and O–H groups in total. The van der Waals surface area contributed by atoms with Crippen LogP contribution >= 0.6 is 0 Å². The van der Waals surface area contributed by atoms with Crippen molar-refractivity contribution >= 4 is 5.82 Å². The van der Waals surface area contributed by atoms with Crippen LogP contribution in [0.3, 0.4) is 0 Å². The molecule has 7 heteroatoms. The van der Waals surface area contributed by atoms with E-state index in [9.17, 15) is 5.11 Å². The third-order valence-corrected chi connectivity index (χ3v) is 6.15. The molecular weight excluding hydrogens is 416 g/mol. The van der Waals surface area contributed by atoms with Crippen LogP contribution in [-0.4, -0.2) is 68.2 Å². The number of ether oxygens (including phenoxy) is 2. The summed E-state index contributed by atoms with van der Waals surface area (Å²) in [6.07, 6.45) is 6.60. The Kier molecular flexibility index (Phi) is 10.4. The number of methoxy groups -OCH3 is 1. The van der Waals surface area contributed by atoms with Crippen LogP contribution in [0.4, 0.5) is 5.82 Å². The maximum absolute atomic E-state index is 9.97. The zero-order valence-corrected chi connectivity index (χ0v) is 20.4. The summed E-state index contributed by atoms with van der Waals surface area (Å²) in [5.41, 5.74) is 2.07. The molecule has 1 aliphatic rings. The molecule has 0 spiro atoms. The Hall–Kier alpha value is -2.22. The van der Waals surface area contributed by atoms with Gasteiger partial charge < -0.3 is 24.8 Å². The Balaban J connectivity index is 1.90. The summed E-state index contributed by atoms with van der Waals surface area (Å²) in [5.74, 6) is 2.91. The van der Waals surface area contributed by atoms with Gasteiger partial charge in [0, 0.05) is 50.0 Å². The topological polar surface area (TPSA) is 79.7 Å². The first-order valence-electron chi connectivity index (χ1n) is 12.3. The first kappa shape index (κ1) is 25.4. The molecule has 2 aromatic rings. The Morgan fingerprint density at radius 1 is 1.18 bits per heavy atom. The normalized spacial score (nSPS) is 15.0. The molecule has 1 atom stereocenters. The number of hydrogen-bond acceptors (Lipinski definition) is 7. The van der Waals surface area contributed by atoms with Crippen LogP contribution in [0, 0.1) is 0 Å². The highest BCUT2D eigenvalue weighted by Crippen LogP contribution is 2.35. The minimum Gasteiger partial charge on any atom is -0.491 e. The molecule has 0 bridgehead atoms. The number of anilines is 1. The maximum Gasteiger partial charge on any atom is 0.161 e. The van der Waals surface area contributed by atoms with Crippen molar-refractivity contribution < 1.29 is 14.6 Å².